The average molecular weight is 163 g/mol. The molecule has 64 valence electrons. The molecule has 0 spiro atoms. The molecule has 0 radical (unpaired) electrons. The lowest BCUT2D eigenvalue weighted by atomic mass is 10.1. The van der Waals surface area contributed by atoms with Crippen molar-refractivity contribution in [3.05, 3.63) is 35.9 Å². The van der Waals surface area contributed by atoms with Crippen molar-refractivity contribution in [3.63, 3.8) is 0 Å². The summed E-state index contributed by atoms with van der Waals surface area (Å²) < 4.78 is 0. The highest BCUT2D eigenvalue weighted by molar-refractivity contribution is 5.66. The van der Waals surface area contributed by atoms with Crippen LogP contribution in [0.3, 0.4) is 0 Å². The Balaban J connectivity index is 2.95. The van der Waals surface area contributed by atoms with Gasteiger partial charge in [0.25, 0.3) is 0 Å². The number of benzene rings is 1. The van der Waals surface area contributed by atoms with E-state index in [0.29, 0.717) is 0 Å². The summed E-state index contributed by atoms with van der Waals surface area (Å²) in [5.41, 5.74) is 8.46. The average Bonchev–Trinajstić information content (AvgIpc) is 2.05. The maximum atomic E-state index is 8.66. The van der Waals surface area contributed by atoms with Gasteiger partial charge in [-0.05, 0) is 30.2 Å². The van der Waals surface area contributed by atoms with Gasteiger partial charge in [0.05, 0.1) is 6.61 Å². The van der Waals surface area contributed by atoms with Crippen molar-refractivity contribution in [2.24, 2.45) is 0 Å². The lowest BCUT2D eigenvalue weighted by molar-refractivity contribution is 0.343. The van der Waals surface area contributed by atoms with Crippen LogP contribution in [0.2, 0.25) is 0 Å². The number of hydrogen-bond donors (Lipinski definition) is 2. The standard InChI is InChI=1S/C10H13NO/c1-8(5-6-12)9-3-2-4-10(11)7-9/h2-5,7,12H,6,11H2,1H3/b8-5-. The predicted molar refractivity (Wildman–Crippen MR) is 51.6 cm³/mol. The molecule has 1 rings (SSSR count). The highest BCUT2D eigenvalue weighted by Gasteiger charge is 1.94. The van der Waals surface area contributed by atoms with E-state index in [0.717, 1.165) is 16.8 Å². The smallest absolute Gasteiger partial charge is 0.0618 e. The number of rotatable bonds is 2. The minimum absolute atomic E-state index is 0.0701. The van der Waals surface area contributed by atoms with Gasteiger partial charge in [0.1, 0.15) is 0 Å². The first kappa shape index (κ1) is 8.81. The Labute approximate surface area is 72.3 Å². The highest BCUT2D eigenvalue weighted by atomic mass is 16.2. The molecule has 0 unspecified atom stereocenters. The van der Waals surface area contributed by atoms with E-state index >= 15 is 0 Å². The van der Waals surface area contributed by atoms with Gasteiger partial charge in [-0.1, -0.05) is 18.2 Å². The van der Waals surface area contributed by atoms with Gasteiger partial charge in [-0.3, -0.25) is 0 Å². The molecule has 1 aromatic carbocycles. The molecule has 0 amide bonds. The summed E-state index contributed by atoms with van der Waals surface area (Å²) >= 11 is 0. The topological polar surface area (TPSA) is 46.2 Å². The molecule has 0 heterocycles. The van der Waals surface area contributed by atoms with Crippen molar-refractivity contribution in [2.45, 2.75) is 6.92 Å². The molecule has 0 fully saturated rings. The number of nitrogen functional groups attached to an aromatic ring is 1. The number of allylic oxidation sites excluding steroid dienone is 1. The summed E-state index contributed by atoms with van der Waals surface area (Å²) in [4.78, 5) is 0. The monoisotopic (exact) mass is 163 g/mol. The SMILES string of the molecule is C/C(=C/CO)c1cccc(N)c1. The third-order valence-corrected chi connectivity index (χ3v) is 1.74. The van der Waals surface area contributed by atoms with Crippen LogP contribution < -0.4 is 5.73 Å². The summed E-state index contributed by atoms with van der Waals surface area (Å²) in [5.74, 6) is 0. The summed E-state index contributed by atoms with van der Waals surface area (Å²) in [6, 6.07) is 7.61. The third kappa shape index (κ3) is 2.10. The Morgan fingerprint density at radius 2 is 2.33 bits per heavy atom. The molecule has 12 heavy (non-hydrogen) atoms. The van der Waals surface area contributed by atoms with Crippen LogP contribution in [0.25, 0.3) is 5.57 Å². The Bertz CT molecular complexity index is 292. The second-order valence-corrected chi connectivity index (χ2v) is 2.70. The summed E-state index contributed by atoms with van der Waals surface area (Å²) in [6.45, 7) is 2.02. The molecule has 2 nitrogen and oxygen atoms in total. The number of aliphatic hydroxyl groups is 1. The van der Waals surface area contributed by atoms with Crippen LogP contribution in [0, 0.1) is 0 Å². The molecule has 0 atom stereocenters. The number of anilines is 1. The second kappa shape index (κ2) is 3.93. The lowest BCUT2D eigenvalue weighted by Gasteiger charge is -2.01. The summed E-state index contributed by atoms with van der Waals surface area (Å²) in [5, 5.41) is 8.66. The van der Waals surface area contributed by atoms with E-state index < -0.39 is 0 Å². The van der Waals surface area contributed by atoms with E-state index in [4.69, 9.17) is 10.8 Å². The minimum atomic E-state index is 0.0701. The maximum Gasteiger partial charge on any atom is 0.0618 e. The van der Waals surface area contributed by atoms with E-state index in [9.17, 15) is 0 Å². The van der Waals surface area contributed by atoms with E-state index in [1.165, 1.54) is 0 Å². The summed E-state index contributed by atoms with van der Waals surface area (Å²) in [7, 11) is 0. The molecule has 0 saturated heterocycles. The van der Waals surface area contributed by atoms with Crippen LogP contribution in [0.15, 0.2) is 30.3 Å². The Morgan fingerprint density at radius 1 is 1.58 bits per heavy atom. The lowest BCUT2D eigenvalue weighted by Crippen LogP contribution is -1.87. The van der Waals surface area contributed by atoms with Crippen molar-refractivity contribution in [3.8, 4) is 0 Å². The molecule has 0 bridgehead atoms. The zero-order valence-electron chi connectivity index (χ0n) is 7.12. The Kier molecular flexibility index (Phi) is 2.88. The van der Waals surface area contributed by atoms with E-state index in [1.54, 1.807) is 6.08 Å². The first-order chi connectivity index (χ1) is 5.74. The number of aliphatic hydroxyl groups excluding tert-OH is 1. The van der Waals surface area contributed by atoms with Crippen LogP contribution in [-0.4, -0.2) is 11.7 Å². The van der Waals surface area contributed by atoms with Gasteiger partial charge in [0, 0.05) is 5.69 Å². The molecule has 3 N–H and O–H groups in total. The van der Waals surface area contributed by atoms with Gasteiger partial charge in [0.15, 0.2) is 0 Å². The number of hydrogen-bond acceptors (Lipinski definition) is 2. The maximum absolute atomic E-state index is 8.66. The quantitative estimate of drug-likeness (QED) is 0.651. The van der Waals surface area contributed by atoms with Crippen molar-refractivity contribution in [1.82, 2.24) is 0 Å². The Hall–Kier alpha value is -1.28. The molecular formula is C10H13NO. The van der Waals surface area contributed by atoms with Crippen LogP contribution in [0.5, 0.6) is 0 Å². The molecule has 0 aromatic heterocycles. The Morgan fingerprint density at radius 3 is 2.92 bits per heavy atom. The largest absolute Gasteiger partial charge is 0.399 e. The van der Waals surface area contributed by atoms with E-state index in [1.807, 2.05) is 31.2 Å². The molecule has 0 aliphatic carbocycles. The molecule has 0 saturated carbocycles. The molecule has 2 heteroatoms. The van der Waals surface area contributed by atoms with Crippen molar-refractivity contribution >= 4 is 11.3 Å². The van der Waals surface area contributed by atoms with Crippen LogP contribution in [0.1, 0.15) is 12.5 Å². The fourth-order valence-corrected chi connectivity index (χ4v) is 1.04. The normalized spacial score (nSPS) is 11.7. The fraction of sp³-hybridized carbons (Fsp3) is 0.200. The van der Waals surface area contributed by atoms with Crippen LogP contribution >= 0.6 is 0 Å². The first-order valence-corrected chi connectivity index (χ1v) is 3.87. The predicted octanol–water partition coefficient (Wildman–Crippen LogP) is 1.66. The summed E-state index contributed by atoms with van der Waals surface area (Å²) in [6.07, 6.45) is 1.76. The van der Waals surface area contributed by atoms with Gasteiger partial charge in [-0.25, -0.2) is 0 Å². The van der Waals surface area contributed by atoms with Crippen molar-refractivity contribution in [2.75, 3.05) is 12.3 Å². The first-order valence-electron chi connectivity index (χ1n) is 3.87. The van der Waals surface area contributed by atoms with Crippen molar-refractivity contribution in [1.29, 1.82) is 0 Å². The fourth-order valence-electron chi connectivity index (χ4n) is 1.04. The highest BCUT2D eigenvalue weighted by Crippen LogP contribution is 2.15. The number of nitrogens with two attached hydrogens (primary N) is 1. The zero-order chi connectivity index (χ0) is 8.97. The van der Waals surface area contributed by atoms with Gasteiger partial charge in [0.2, 0.25) is 0 Å². The van der Waals surface area contributed by atoms with E-state index in [2.05, 4.69) is 0 Å². The molecule has 1 aromatic rings. The molecule has 0 aliphatic rings. The van der Waals surface area contributed by atoms with Crippen molar-refractivity contribution < 1.29 is 5.11 Å². The third-order valence-electron chi connectivity index (χ3n) is 1.74. The second-order valence-electron chi connectivity index (χ2n) is 2.70. The van der Waals surface area contributed by atoms with Gasteiger partial charge in [-0.15, -0.1) is 0 Å². The minimum Gasteiger partial charge on any atom is -0.399 e. The van der Waals surface area contributed by atoms with E-state index in [-0.39, 0.29) is 6.61 Å². The molecular weight excluding hydrogens is 150 g/mol. The van der Waals surface area contributed by atoms with Gasteiger partial charge < -0.3 is 10.8 Å². The van der Waals surface area contributed by atoms with Gasteiger partial charge in [-0.2, -0.15) is 0 Å². The zero-order valence-corrected chi connectivity index (χ0v) is 7.12. The van der Waals surface area contributed by atoms with Crippen LogP contribution in [0.4, 0.5) is 5.69 Å². The van der Waals surface area contributed by atoms with Crippen LogP contribution in [-0.2, 0) is 0 Å². The van der Waals surface area contributed by atoms with Gasteiger partial charge >= 0.3 is 0 Å². The molecule has 0 aliphatic heterocycles.